The SMILES string of the molecule is Cn1ccc2c(=O)n(CC3(O)CCN(C(=O)[C@@H]4CCN(C(=O)c5sc(-c6ccnc(NC(=O)O)c6)cc5F)C[C@H]4c4ccccc4)CC3)cnc21. The molecule has 15 heteroatoms. The number of carboxylic acid groups (broad SMARTS) is 1. The van der Waals surface area contributed by atoms with Crippen molar-refractivity contribution in [2.75, 3.05) is 31.5 Å². The number of carbonyl (C=O) groups excluding carboxylic acids is 2. The normalized spacial score (nSPS) is 18.9. The molecule has 0 aliphatic carbocycles. The molecule has 2 saturated heterocycles. The highest BCUT2D eigenvalue weighted by atomic mass is 32.1. The number of likely N-dealkylation sites (tertiary alicyclic amines) is 2. The lowest BCUT2D eigenvalue weighted by molar-refractivity contribution is -0.142. The second kappa shape index (κ2) is 13.7. The largest absolute Gasteiger partial charge is 0.465 e. The van der Waals surface area contributed by atoms with E-state index in [1.165, 1.54) is 29.2 Å². The van der Waals surface area contributed by atoms with E-state index in [-0.39, 0.29) is 60.6 Å². The molecule has 0 saturated carbocycles. The molecule has 264 valence electrons. The first-order chi connectivity index (χ1) is 24.5. The van der Waals surface area contributed by atoms with Crippen LogP contribution >= 0.6 is 11.3 Å². The number of carbonyl (C=O) groups is 3. The molecule has 0 radical (unpaired) electrons. The van der Waals surface area contributed by atoms with Gasteiger partial charge in [-0.2, -0.15) is 0 Å². The predicted molar refractivity (Wildman–Crippen MR) is 188 cm³/mol. The summed E-state index contributed by atoms with van der Waals surface area (Å²) >= 11 is 0.977. The van der Waals surface area contributed by atoms with Crippen molar-refractivity contribution in [3.8, 4) is 10.4 Å². The Labute approximate surface area is 295 Å². The number of amides is 3. The highest BCUT2D eigenvalue weighted by Crippen LogP contribution is 2.38. The number of anilines is 1. The number of aromatic nitrogens is 4. The molecule has 1 aromatic carbocycles. The molecular weight excluding hydrogens is 678 g/mol. The molecule has 13 nitrogen and oxygen atoms in total. The number of aryl methyl sites for hydroxylation is 1. The van der Waals surface area contributed by atoms with Crippen LogP contribution in [0.15, 0.2) is 78.1 Å². The number of fused-ring (bicyclic) bond motifs is 1. The predicted octanol–water partition coefficient (Wildman–Crippen LogP) is 4.39. The molecule has 51 heavy (non-hydrogen) atoms. The number of aliphatic hydroxyl groups is 1. The molecule has 6 heterocycles. The number of hydrogen-bond donors (Lipinski definition) is 3. The molecule has 5 aromatic rings. The van der Waals surface area contributed by atoms with Gasteiger partial charge < -0.3 is 24.6 Å². The Bertz CT molecular complexity index is 2180. The van der Waals surface area contributed by atoms with E-state index in [9.17, 15) is 24.3 Å². The summed E-state index contributed by atoms with van der Waals surface area (Å²) in [7, 11) is 1.81. The third-order valence-corrected chi connectivity index (χ3v) is 11.1. The van der Waals surface area contributed by atoms with Crippen LogP contribution in [-0.2, 0) is 18.4 Å². The van der Waals surface area contributed by atoms with Gasteiger partial charge in [-0.05, 0) is 54.7 Å². The van der Waals surface area contributed by atoms with Gasteiger partial charge >= 0.3 is 6.09 Å². The van der Waals surface area contributed by atoms with Gasteiger partial charge in [0.1, 0.15) is 28.5 Å². The minimum absolute atomic E-state index is 0.0596. The van der Waals surface area contributed by atoms with E-state index in [1.54, 1.807) is 32.7 Å². The first-order valence-electron chi connectivity index (χ1n) is 16.6. The van der Waals surface area contributed by atoms with Gasteiger partial charge in [0.05, 0.1) is 17.5 Å². The molecule has 2 fully saturated rings. The van der Waals surface area contributed by atoms with Crippen LogP contribution in [0.2, 0.25) is 0 Å². The molecule has 2 atom stereocenters. The summed E-state index contributed by atoms with van der Waals surface area (Å²) in [6.45, 7) is 1.16. The number of halogens is 1. The smallest absolute Gasteiger partial charge is 0.410 e. The lowest BCUT2D eigenvalue weighted by Gasteiger charge is -2.43. The summed E-state index contributed by atoms with van der Waals surface area (Å²) < 4.78 is 18.5. The third-order valence-electron chi connectivity index (χ3n) is 9.93. The van der Waals surface area contributed by atoms with Gasteiger partial charge in [0, 0.05) is 62.3 Å². The Morgan fingerprint density at radius 2 is 1.80 bits per heavy atom. The van der Waals surface area contributed by atoms with Crippen molar-refractivity contribution in [3.05, 3.63) is 99.9 Å². The maximum atomic E-state index is 15.3. The standard InChI is InChI=1S/C36H36FN7O6S/c1-41-13-8-25-31(41)39-21-44(33(25)46)20-36(50)10-15-42(16-11-36)32(45)24-9-14-43(19-26(24)22-5-3-2-4-6-22)34(47)30-27(37)18-28(51-30)23-7-12-38-29(17-23)40-35(48)49/h2-8,12-13,17-18,21,24,26,50H,9-11,14-16,19-20H2,1H3,(H,38,40)(H,48,49)/t24-,26+/m1/s1. The Balaban J connectivity index is 1.05. The molecule has 4 aromatic heterocycles. The van der Waals surface area contributed by atoms with E-state index >= 15 is 4.39 Å². The number of nitrogens with zero attached hydrogens (tertiary/aromatic N) is 6. The van der Waals surface area contributed by atoms with Crippen molar-refractivity contribution in [3.63, 3.8) is 0 Å². The molecule has 2 aliphatic rings. The molecule has 0 unspecified atom stereocenters. The topological polar surface area (TPSA) is 163 Å². The third kappa shape index (κ3) is 6.86. The monoisotopic (exact) mass is 713 g/mol. The zero-order valence-electron chi connectivity index (χ0n) is 27.7. The maximum Gasteiger partial charge on any atom is 0.410 e. The van der Waals surface area contributed by atoms with Crippen molar-refractivity contribution in [2.24, 2.45) is 13.0 Å². The molecule has 0 spiro atoms. The number of thiophene rings is 1. The van der Waals surface area contributed by atoms with Gasteiger partial charge in [0.2, 0.25) is 5.91 Å². The van der Waals surface area contributed by atoms with Gasteiger partial charge in [0.15, 0.2) is 0 Å². The van der Waals surface area contributed by atoms with Crippen LogP contribution in [0.25, 0.3) is 21.5 Å². The summed E-state index contributed by atoms with van der Waals surface area (Å²) in [4.78, 5) is 64.1. The molecule has 7 rings (SSSR count). The van der Waals surface area contributed by atoms with Crippen molar-refractivity contribution in [1.29, 1.82) is 0 Å². The Hall–Kier alpha value is -5.41. The second-order valence-corrected chi connectivity index (χ2v) is 14.3. The minimum Gasteiger partial charge on any atom is -0.465 e. The second-order valence-electron chi connectivity index (χ2n) is 13.2. The lowest BCUT2D eigenvalue weighted by atomic mass is 9.79. The summed E-state index contributed by atoms with van der Waals surface area (Å²) in [5.41, 5.74) is 0.571. The van der Waals surface area contributed by atoms with Crippen molar-refractivity contribution >= 4 is 46.1 Å². The van der Waals surface area contributed by atoms with E-state index < -0.39 is 29.3 Å². The van der Waals surface area contributed by atoms with Gasteiger partial charge in [-0.25, -0.2) is 19.2 Å². The molecule has 3 amide bonds. The highest BCUT2D eigenvalue weighted by molar-refractivity contribution is 7.17. The number of piperidine rings is 2. The molecule has 3 N–H and O–H groups in total. The fourth-order valence-electron chi connectivity index (χ4n) is 7.18. The fraction of sp³-hybridized carbons (Fsp3) is 0.333. The van der Waals surface area contributed by atoms with E-state index in [2.05, 4.69) is 15.3 Å². The zero-order valence-corrected chi connectivity index (χ0v) is 28.6. The number of hydrogen-bond acceptors (Lipinski definition) is 8. The fourth-order valence-corrected chi connectivity index (χ4v) is 8.18. The van der Waals surface area contributed by atoms with Gasteiger partial charge in [0.25, 0.3) is 11.5 Å². The van der Waals surface area contributed by atoms with E-state index in [0.29, 0.717) is 41.0 Å². The summed E-state index contributed by atoms with van der Waals surface area (Å²) in [5, 5.41) is 23.2. The Kier molecular flexibility index (Phi) is 9.16. The molecular formula is C36H36FN7O6S. The van der Waals surface area contributed by atoms with E-state index in [0.717, 1.165) is 16.9 Å². The zero-order chi connectivity index (χ0) is 35.9. The van der Waals surface area contributed by atoms with Crippen LogP contribution in [0.1, 0.15) is 40.4 Å². The lowest BCUT2D eigenvalue weighted by Crippen LogP contribution is -2.53. The van der Waals surface area contributed by atoms with Crippen molar-refractivity contribution < 1.29 is 29.0 Å². The number of pyridine rings is 1. The first kappa shape index (κ1) is 34.1. The van der Waals surface area contributed by atoms with Crippen LogP contribution in [-0.4, -0.2) is 88.8 Å². The number of rotatable bonds is 7. The number of nitrogens with one attached hydrogen (secondary N) is 1. The van der Waals surface area contributed by atoms with Crippen molar-refractivity contribution in [2.45, 2.75) is 37.3 Å². The average Bonchev–Trinajstić information content (AvgIpc) is 3.71. The summed E-state index contributed by atoms with van der Waals surface area (Å²) in [5.74, 6) is -1.91. The van der Waals surface area contributed by atoms with Gasteiger partial charge in [-0.15, -0.1) is 11.3 Å². The van der Waals surface area contributed by atoms with E-state index in [1.807, 2.05) is 37.4 Å². The molecule has 0 bridgehead atoms. The van der Waals surface area contributed by atoms with Gasteiger partial charge in [-0.1, -0.05) is 30.3 Å². The molecule has 2 aliphatic heterocycles. The quantitative estimate of drug-likeness (QED) is 0.224. The van der Waals surface area contributed by atoms with Crippen LogP contribution in [0.5, 0.6) is 0 Å². The Morgan fingerprint density at radius 1 is 1.04 bits per heavy atom. The van der Waals surface area contributed by atoms with Crippen molar-refractivity contribution in [1.82, 2.24) is 28.9 Å². The van der Waals surface area contributed by atoms with Gasteiger partial charge in [-0.3, -0.25) is 24.3 Å². The maximum absolute atomic E-state index is 15.3. The van der Waals surface area contributed by atoms with E-state index in [4.69, 9.17) is 5.11 Å². The average molecular weight is 714 g/mol. The van der Waals surface area contributed by atoms with Crippen LogP contribution in [0, 0.1) is 11.7 Å². The van der Waals surface area contributed by atoms with Crippen LogP contribution in [0.4, 0.5) is 15.0 Å². The minimum atomic E-state index is -1.28. The Morgan fingerprint density at radius 3 is 2.55 bits per heavy atom. The van der Waals surface area contributed by atoms with Crippen LogP contribution in [0.3, 0.4) is 0 Å². The highest BCUT2D eigenvalue weighted by Gasteiger charge is 2.42. The number of benzene rings is 1. The van der Waals surface area contributed by atoms with Crippen LogP contribution < -0.4 is 10.9 Å². The summed E-state index contributed by atoms with van der Waals surface area (Å²) in [6.07, 6.45) is 4.30. The summed E-state index contributed by atoms with van der Waals surface area (Å²) in [6, 6.07) is 15.6. The first-order valence-corrected chi connectivity index (χ1v) is 17.4.